The molecule has 2 nitrogen and oxygen atoms in total. The first-order chi connectivity index (χ1) is 7.49. The van der Waals surface area contributed by atoms with E-state index in [1.807, 2.05) is 13.8 Å². The van der Waals surface area contributed by atoms with Crippen LogP contribution in [0, 0.1) is 24.6 Å². The predicted molar refractivity (Wildman–Crippen MR) is 63.5 cm³/mol. The molecule has 0 amide bonds. The number of hydrogen-bond acceptors (Lipinski definition) is 2. The summed E-state index contributed by atoms with van der Waals surface area (Å²) in [5, 5.41) is 10.1. The lowest BCUT2D eigenvalue weighted by molar-refractivity contribution is 0.0827. The number of hydrogen-bond donors (Lipinski definition) is 2. The van der Waals surface area contributed by atoms with Crippen LogP contribution in [0.5, 0.6) is 0 Å². The van der Waals surface area contributed by atoms with E-state index in [9.17, 15) is 9.50 Å². The van der Waals surface area contributed by atoms with Gasteiger partial charge >= 0.3 is 0 Å². The van der Waals surface area contributed by atoms with E-state index in [1.54, 1.807) is 25.1 Å². The Morgan fingerprint density at radius 2 is 2.00 bits per heavy atom. The first kappa shape index (κ1) is 13.1. The second kappa shape index (κ2) is 5.41. The zero-order chi connectivity index (χ0) is 12.3. The standard InChI is InChI=1S/C13H20FNO/c1-8(2)11(7-15)13(16)10-6-4-5-9(3)12(10)14/h4-6,8,11,13,16H,7,15H2,1-3H3. The fraction of sp³-hybridized carbons (Fsp3) is 0.538. The molecule has 0 bridgehead atoms. The molecule has 90 valence electrons. The molecule has 0 aliphatic carbocycles. The zero-order valence-electron chi connectivity index (χ0n) is 10.1. The van der Waals surface area contributed by atoms with Gasteiger partial charge in [-0.3, -0.25) is 0 Å². The van der Waals surface area contributed by atoms with Gasteiger partial charge in [-0.25, -0.2) is 4.39 Å². The highest BCUT2D eigenvalue weighted by molar-refractivity contribution is 5.27. The summed E-state index contributed by atoms with van der Waals surface area (Å²) in [4.78, 5) is 0. The van der Waals surface area contributed by atoms with Crippen LogP contribution in [0.4, 0.5) is 4.39 Å². The molecule has 1 aromatic carbocycles. The smallest absolute Gasteiger partial charge is 0.131 e. The van der Waals surface area contributed by atoms with Crippen molar-refractivity contribution < 1.29 is 9.50 Å². The van der Waals surface area contributed by atoms with Crippen molar-refractivity contribution in [2.24, 2.45) is 17.6 Å². The zero-order valence-corrected chi connectivity index (χ0v) is 10.1. The van der Waals surface area contributed by atoms with E-state index in [4.69, 9.17) is 5.73 Å². The summed E-state index contributed by atoms with van der Waals surface area (Å²) in [5.74, 6) is -0.217. The van der Waals surface area contributed by atoms with Crippen LogP contribution in [0.15, 0.2) is 18.2 Å². The Morgan fingerprint density at radius 3 is 2.50 bits per heavy atom. The summed E-state index contributed by atoms with van der Waals surface area (Å²) < 4.78 is 13.8. The van der Waals surface area contributed by atoms with Crippen molar-refractivity contribution in [2.75, 3.05) is 6.54 Å². The van der Waals surface area contributed by atoms with E-state index in [1.165, 1.54) is 0 Å². The molecule has 0 radical (unpaired) electrons. The van der Waals surface area contributed by atoms with Crippen molar-refractivity contribution in [2.45, 2.75) is 26.9 Å². The summed E-state index contributed by atoms with van der Waals surface area (Å²) in [7, 11) is 0. The van der Waals surface area contributed by atoms with Gasteiger partial charge in [-0.2, -0.15) is 0 Å². The topological polar surface area (TPSA) is 46.2 Å². The monoisotopic (exact) mass is 225 g/mol. The van der Waals surface area contributed by atoms with Crippen LogP contribution in [0.2, 0.25) is 0 Å². The Morgan fingerprint density at radius 1 is 1.38 bits per heavy atom. The van der Waals surface area contributed by atoms with Crippen LogP contribution < -0.4 is 5.73 Å². The molecule has 3 N–H and O–H groups in total. The SMILES string of the molecule is Cc1cccc(C(O)C(CN)C(C)C)c1F. The van der Waals surface area contributed by atoms with Gasteiger partial charge in [0.25, 0.3) is 0 Å². The molecule has 1 rings (SSSR count). The Kier molecular flexibility index (Phi) is 4.44. The number of aryl methyl sites for hydroxylation is 1. The van der Waals surface area contributed by atoms with E-state index in [0.717, 1.165) is 0 Å². The Hall–Kier alpha value is -0.930. The van der Waals surface area contributed by atoms with Crippen LogP contribution in [0.25, 0.3) is 0 Å². The lowest BCUT2D eigenvalue weighted by Crippen LogP contribution is -2.27. The van der Waals surface area contributed by atoms with Gasteiger partial charge in [-0.1, -0.05) is 32.0 Å². The second-order valence-corrected chi connectivity index (χ2v) is 4.57. The number of aliphatic hydroxyl groups is 1. The van der Waals surface area contributed by atoms with Gasteiger partial charge in [-0.05, 0) is 24.9 Å². The number of benzene rings is 1. The third-order valence-corrected chi connectivity index (χ3v) is 3.07. The Bertz CT molecular complexity index is 352. The van der Waals surface area contributed by atoms with Crippen molar-refractivity contribution in [3.05, 3.63) is 35.1 Å². The fourth-order valence-corrected chi connectivity index (χ4v) is 1.89. The van der Waals surface area contributed by atoms with Gasteiger partial charge in [0.2, 0.25) is 0 Å². The number of rotatable bonds is 4. The number of aliphatic hydroxyl groups excluding tert-OH is 1. The maximum absolute atomic E-state index is 13.8. The molecular formula is C13H20FNO. The molecule has 0 aliphatic heterocycles. The molecule has 0 saturated heterocycles. The largest absolute Gasteiger partial charge is 0.388 e. The molecule has 0 aliphatic rings. The molecule has 1 aromatic rings. The van der Waals surface area contributed by atoms with E-state index < -0.39 is 6.10 Å². The van der Waals surface area contributed by atoms with Gasteiger partial charge in [0.1, 0.15) is 5.82 Å². The normalized spacial score (nSPS) is 15.2. The second-order valence-electron chi connectivity index (χ2n) is 4.57. The van der Waals surface area contributed by atoms with Gasteiger partial charge in [-0.15, -0.1) is 0 Å². The van der Waals surface area contributed by atoms with Crippen LogP contribution >= 0.6 is 0 Å². The highest BCUT2D eigenvalue weighted by atomic mass is 19.1. The maximum Gasteiger partial charge on any atom is 0.131 e. The summed E-state index contributed by atoms with van der Waals surface area (Å²) in [5.41, 5.74) is 6.52. The lowest BCUT2D eigenvalue weighted by atomic mass is 9.86. The molecule has 0 fully saturated rings. The minimum Gasteiger partial charge on any atom is -0.388 e. The first-order valence-electron chi connectivity index (χ1n) is 5.62. The van der Waals surface area contributed by atoms with E-state index >= 15 is 0 Å². The molecule has 0 saturated carbocycles. The minimum atomic E-state index is -0.829. The highest BCUT2D eigenvalue weighted by Gasteiger charge is 2.25. The van der Waals surface area contributed by atoms with Crippen molar-refractivity contribution in [3.8, 4) is 0 Å². The predicted octanol–water partition coefficient (Wildman–Crippen LogP) is 2.40. The van der Waals surface area contributed by atoms with Gasteiger partial charge in [0, 0.05) is 11.5 Å². The van der Waals surface area contributed by atoms with E-state index in [-0.39, 0.29) is 17.7 Å². The van der Waals surface area contributed by atoms with Crippen molar-refractivity contribution >= 4 is 0 Å². The summed E-state index contributed by atoms with van der Waals surface area (Å²) in [6, 6.07) is 5.07. The third kappa shape index (κ3) is 2.60. The van der Waals surface area contributed by atoms with Crippen molar-refractivity contribution in [3.63, 3.8) is 0 Å². The average molecular weight is 225 g/mol. The minimum absolute atomic E-state index is 0.115. The van der Waals surface area contributed by atoms with Gasteiger partial charge < -0.3 is 10.8 Å². The number of nitrogens with two attached hydrogens (primary N) is 1. The van der Waals surface area contributed by atoms with Crippen LogP contribution in [0.3, 0.4) is 0 Å². The molecule has 16 heavy (non-hydrogen) atoms. The maximum atomic E-state index is 13.8. The molecule has 0 spiro atoms. The molecule has 0 aromatic heterocycles. The summed E-state index contributed by atoms with van der Waals surface area (Å²) >= 11 is 0. The summed E-state index contributed by atoms with van der Waals surface area (Å²) in [6.45, 7) is 6.01. The van der Waals surface area contributed by atoms with Gasteiger partial charge in [0.05, 0.1) is 6.10 Å². The van der Waals surface area contributed by atoms with Crippen LogP contribution in [-0.4, -0.2) is 11.7 Å². The van der Waals surface area contributed by atoms with Crippen LogP contribution in [0.1, 0.15) is 31.1 Å². The van der Waals surface area contributed by atoms with Gasteiger partial charge in [0.15, 0.2) is 0 Å². The molecule has 3 heteroatoms. The fourth-order valence-electron chi connectivity index (χ4n) is 1.89. The quantitative estimate of drug-likeness (QED) is 0.826. The molecule has 0 heterocycles. The summed E-state index contributed by atoms with van der Waals surface area (Å²) in [6.07, 6.45) is -0.829. The number of halogens is 1. The van der Waals surface area contributed by atoms with Crippen molar-refractivity contribution in [1.82, 2.24) is 0 Å². The molecule has 2 atom stereocenters. The van der Waals surface area contributed by atoms with E-state index in [2.05, 4.69) is 0 Å². The average Bonchev–Trinajstić information content (AvgIpc) is 2.22. The van der Waals surface area contributed by atoms with Crippen molar-refractivity contribution in [1.29, 1.82) is 0 Å². The Labute approximate surface area is 96.3 Å². The first-order valence-corrected chi connectivity index (χ1v) is 5.62. The highest BCUT2D eigenvalue weighted by Crippen LogP contribution is 2.29. The van der Waals surface area contributed by atoms with Crippen LogP contribution in [-0.2, 0) is 0 Å². The molecular weight excluding hydrogens is 205 g/mol. The third-order valence-electron chi connectivity index (χ3n) is 3.07. The molecule has 2 unspecified atom stereocenters. The van der Waals surface area contributed by atoms with E-state index in [0.29, 0.717) is 17.7 Å². The Balaban J connectivity index is 3.03. The lowest BCUT2D eigenvalue weighted by Gasteiger charge is -2.25.